The van der Waals surface area contributed by atoms with Gasteiger partial charge in [-0.2, -0.15) is 0 Å². The third-order valence-corrected chi connectivity index (χ3v) is 0. The minimum absolute atomic E-state index is 0. The Bertz CT molecular complexity index is 8.00. The smallest absolute Gasteiger partial charge is 0 e. The average Bonchev–Trinajstić information content (AvgIpc) is 0. The molecular formula is H2AuCuSnW. The normalized spacial score (nSPS) is 0. The van der Waals surface area contributed by atoms with E-state index in [1.54, 1.807) is 0 Å². The molecule has 0 nitrogen and oxygen atoms in total. The van der Waals surface area contributed by atoms with Crippen molar-refractivity contribution in [3.05, 3.63) is 0 Å². The van der Waals surface area contributed by atoms with Crippen molar-refractivity contribution in [3.8, 4) is 0 Å². The molecule has 0 saturated heterocycles. The van der Waals surface area contributed by atoms with E-state index in [1.165, 1.54) is 0 Å². The van der Waals surface area contributed by atoms with E-state index < -0.39 is 0 Å². The monoisotopic (exact) mass is 566 g/mol. The van der Waals surface area contributed by atoms with Crippen molar-refractivity contribution in [2.75, 3.05) is 0 Å². The molecule has 34 valence electrons. The molecule has 0 unspecified atom stereocenters. The Morgan fingerprint density at radius 1 is 1.00 bits per heavy atom. The van der Waals surface area contributed by atoms with Gasteiger partial charge in [-0.3, -0.25) is 0 Å². The summed E-state index contributed by atoms with van der Waals surface area (Å²) in [6.45, 7) is 0. The second-order valence-corrected chi connectivity index (χ2v) is 0. The van der Waals surface area contributed by atoms with Gasteiger partial charge in [-0.15, -0.1) is 0 Å². The van der Waals surface area contributed by atoms with Crippen LogP contribution in [0.1, 0.15) is 0 Å². The molecule has 0 atom stereocenters. The van der Waals surface area contributed by atoms with Gasteiger partial charge in [-0.05, 0) is 0 Å². The molecule has 0 heterocycles. The molecule has 0 bridgehead atoms. The number of hydrogen-bond acceptors (Lipinski definition) is 0. The summed E-state index contributed by atoms with van der Waals surface area (Å²) in [6, 6.07) is 0. The Kier molecular flexibility index (Phi) is 127. The molecule has 0 aromatic heterocycles. The van der Waals surface area contributed by atoms with Crippen LogP contribution in [0.15, 0.2) is 0 Å². The maximum Gasteiger partial charge on any atom is 0 e. The first kappa shape index (κ1) is 29.5. The molecule has 0 aliphatic carbocycles. The van der Waals surface area contributed by atoms with Gasteiger partial charge in [0.15, 0.2) is 0 Å². The Labute approximate surface area is 83.1 Å². The summed E-state index contributed by atoms with van der Waals surface area (Å²) in [5, 5.41) is 0. The standard InChI is InChI=1S/Au.Cu.Sn.W.2H. The molecule has 4 heteroatoms. The van der Waals surface area contributed by atoms with Gasteiger partial charge in [0.2, 0.25) is 0 Å². The van der Waals surface area contributed by atoms with Crippen LogP contribution in [-0.2, 0) is 60.5 Å². The van der Waals surface area contributed by atoms with Crippen molar-refractivity contribution in [1.29, 1.82) is 0 Å². The van der Waals surface area contributed by atoms with Crippen LogP contribution in [0.2, 0.25) is 0 Å². The molecule has 0 aliphatic rings. The average molecular weight is 565 g/mol. The number of rotatable bonds is 0. The maximum atomic E-state index is 0. The summed E-state index contributed by atoms with van der Waals surface area (Å²) >= 11 is 0. The Morgan fingerprint density at radius 3 is 1.00 bits per heavy atom. The van der Waals surface area contributed by atoms with Crippen LogP contribution in [0.5, 0.6) is 0 Å². The van der Waals surface area contributed by atoms with Crippen LogP contribution >= 0.6 is 0 Å². The summed E-state index contributed by atoms with van der Waals surface area (Å²) in [5.41, 5.74) is 0. The molecule has 4 radical (unpaired) electrons. The van der Waals surface area contributed by atoms with Gasteiger partial charge < -0.3 is 0 Å². The van der Waals surface area contributed by atoms with Crippen LogP contribution in [0.25, 0.3) is 0 Å². The molecule has 0 N–H and O–H groups in total. The van der Waals surface area contributed by atoms with Gasteiger partial charge in [-0.25, -0.2) is 0 Å². The van der Waals surface area contributed by atoms with Crippen molar-refractivity contribution in [2.45, 2.75) is 0 Å². The van der Waals surface area contributed by atoms with Gasteiger partial charge in [0.1, 0.15) is 0 Å². The molecule has 0 aliphatic heterocycles. The molecule has 0 fully saturated rings. The first-order valence-corrected chi connectivity index (χ1v) is 0. The van der Waals surface area contributed by atoms with E-state index in [0.717, 1.165) is 0 Å². The van der Waals surface area contributed by atoms with E-state index in [4.69, 9.17) is 0 Å². The van der Waals surface area contributed by atoms with E-state index >= 15 is 0 Å². The van der Waals surface area contributed by atoms with Crippen molar-refractivity contribution in [1.82, 2.24) is 0 Å². The van der Waals surface area contributed by atoms with Crippen LogP contribution in [-0.4, -0.2) is 23.9 Å². The van der Waals surface area contributed by atoms with E-state index in [9.17, 15) is 0 Å². The van der Waals surface area contributed by atoms with Crippen LogP contribution in [0.3, 0.4) is 0 Å². The van der Waals surface area contributed by atoms with Gasteiger partial charge in [-0.1, -0.05) is 0 Å². The Balaban J connectivity index is 0. The molecule has 0 spiro atoms. The first-order valence-electron chi connectivity index (χ1n) is 0. The van der Waals surface area contributed by atoms with Gasteiger partial charge in [0.25, 0.3) is 0 Å². The predicted molar refractivity (Wildman–Crippen MR) is 8.54 cm³/mol. The fourth-order valence-electron chi connectivity index (χ4n) is 0. The molecule has 0 amide bonds. The molecule has 0 aromatic rings. The Morgan fingerprint density at radius 2 is 1.00 bits per heavy atom. The molecular weight excluding hydrogens is 563 g/mol. The molecule has 0 rings (SSSR count). The van der Waals surface area contributed by atoms with E-state index in [2.05, 4.69) is 0 Å². The van der Waals surface area contributed by atoms with E-state index in [-0.39, 0.29) is 84.4 Å². The molecule has 0 aromatic carbocycles. The van der Waals surface area contributed by atoms with Crippen LogP contribution in [0.4, 0.5) is 0 Å². The number of hydrogen-bond donors (Lipinski definition) is 0. The van der Waals surface area contributed by atoms with E-state index in [0.29, 0.717) is 0 Å². The van der Waals surface area contributed by atoms with Crippen molar-refractivity contribution in [3.63, 3.8) is 0 Å². The van der Waals surface area contributed by atoms with Gasteiger partial charge in [0, 0.05) is 60.5 Å². The van der Waals surface area contributed by atoms with Crippen LogP contribution in [0, 0.1) is 0 Å². The molecule has 4 heavy (non-hydrogen) atoms. The minimum Gasteiger partial charge on any atom is 0 e. The second-order valence-electron chi connectivity index (χ2n) is 0. The topological polar surface area (TPSA) is 0 Å². The summed E-state index contributed by atoms with van der Waals surface area (Å²) in [5.74, 6) is 0. The summed E-state index contributed by atoms with van der Waals surface area (Å²) in [6.07, 6.45) is 0. The second kappa shape index (κ2) is 17.2. The molecule has 0 saturated carbocycles. The van der Waals surface area contributed by atoms with Gasteiger partial charge >= 0.3 is 23.9 Å². The fourth-order valence-corrected chi connectivity index (χ4v) is 0. The zero-order chi connectivity index (χ0) is 0. The van der Waals surface area contributed by atoms with Crippen molar-refractivity contribution < 1.29 is 60.5 Å². The first-order chi connectivity index (χ1) is 0. The van der Waals surface area contributed by atoms with Crippen molar-refractivity contribution >= 4 is 23.9 Å². The Hall–Kier alpha value is 2.75. The quantitative estimate of drug-likeness (QED) is 0.334. The zero-order valence-corrected chi connectivity index (χ0v) is 11.8. The SMILES string of the molecule is [Au].[Cu].[SnH2].[W]. The maximum absolute atomic E-state index is 0. The van der Waals surface area contributed by atoms with E-state index in [1.807, 2.05) is 0 Å². The summed E-state index contributed by atoms with van der Waals surface area (Å²) in [4.78, 5) is 0. The summed E-state index contributed by atoms with van der Waals surface area (Å²) < 4.78 is 0. The van der Waals surface area contributed by atoms with Crippen LogP contribution < -0.4 is 0 Å². The fraction of sp³-hybridized carbons (Fsp3) is 0. The minimum atomic E-state index is 0. The largest absolute Gasteiger partial charge is 0 e. The third-order valence-electron chi connectivity index (χ3n) is 0. The predicted octanol–water partition coefficient (Wildman–Crippen LogP) is -0.924. The summed E-state index contributed by atoms with van der Waals surface area (Å²) in [7, 11) is 0. The zero-order valence-electron chi connectivity index (χ0n) is 1.72. The van der Waals surface area contributed by atoms with Gasteiger partial charge in [0.05, 0.1) is 0 Å². The third kappa shape index (κ3) is 8.83. The van der Waals surface area contributed by atoms with Crippen molar-refractivity contribution in [2.24, 2.45) is 0 Å².